The van der Waals surface area contributed by atoms with Crippen molar-refractivity contribution in [2.45, 2.75) is 46.0 Å². The van der Waals surface area contributed by atoms with Crippen molar-refractivity contribution >= 4 is 39.1 Å². The lowest BCUT2D eigenvalue weighted by molar-refractivity contribution is -0.140. The second-order valence-electron chi connectivity index (χ2n) is 9.14. The van der Waals surface area contributed by atoms with E-state index in [0.29, 0.717) is 22.5 Å². The van der Waals surface area contributed by atoms with Gasteiger partial charge in [0.05, 0.1) is 22.5 Å². The normalized spacial score (nSPS) is 12.8. The Morgan fingerprint density at radius 3 is 2.18 bits per heavy atom. The van der Waals surface area contributed by atoms with E-state index < -0.39 is 62.7 Å². The van der Waals surface area contributed by atoms with Gasteiger partial charge < -0.3 is 10.2 Å². The van der Waals surface area contributed by atoms with Crippen molar-refractivity contribution in [2.75, 3.05) is 23.7 Å². The largest absolute Gasteiger partial charge is 0.417 e. The molecule has 0 unspecified atom stereocenters. The standard InChI is InChI=1S/C25H30ClF4N3O4S/c1-5-22(24(35)31-13-16(2)3)32(14-17-6-8-18(27)9-7-17)23(34)15-33(38(4,36)37)19-10-11-21(26)20(12-19)25(28,29)30/h6-12,16,22H,5,13-15H2,1-4H3,(H,31,35)/t22-/m1/s1. The molecule has 13 heteroatoms. The van der Waals surface area contributed by atoms with E-state index in [9.17, 15) is 35.6 Å². The van der Waals surface area contributed by atoms with E-state index in [1.807, 2.05) is 13.8 Å². The van der Waals surface area contributed by atoms with Crippen LogP contribution in [0.3, 0.4) is 0 Å². The number of hydrogen-bond acceptors (Lipinski definition) is 4. The summed E-state index contributed by atoms with van der Waals surface area (Å²) in [5.74, 6) is -1.71. The van der Waals surface area contributed by atoms with Gasteiger partial charge in [-0.2, -0.15) is 13.2 Å². The molecule has 2 aromatic carbocycles. The molecule has 0 aromatic heterocycles. The molecule has 2 amide bonds. The van der Waals surface area contributed by atoms with Crippen molar-refractivity contribution in [1.29, 1.82) is 0 Å². The van der Waals surface area contributed by atoms with Crippen LogP contribution in [-0.4, -0.2) is 50.5 Å². The number of carbonyl (C=O) groups excluding carboxylic acids is 2. The highest BCUT2D eigenvalue weighted by atomic mass is 35.5. The topological polar surface area (TPSA) is 86.8 Å². The third kappa shape index (κ3) is 8.59. The van der Waals surface area contributed by atoms with Gasteiger partial charge in [0.2, 0.25) is 21.8 Å². The van der Waals surface area contributed by atoms with Gasteiger partial charge in [-0.15, -0.1) is 0 Å². The molecule has 7 nitrogen and oxygen atoms in total. The zero-order chi connectivity index (χ0) is 28.8. The number of rotatable bonds is 11. The molecular weight excluding hydrogens is 550 g/mol. The predicted molar refractivity (Wildman–Crippen MR) is 138 cm³/mol. The van der Waals surface area contributed by atoms with E-state index in [0.717, 1.165) is 23.3 Å². The summed E-state index contributed by atoms with van der Waals surface area (Å²) < 4.78 is 79.4. The minimum absolute atomic E-state index is 0.117. The molecule has 0 fully saturated rings. The second kappa shape index (κ2) is 12.8. The smallest absolute Gasteiger partial charge is 0.354 e. The summed E-state index contributed by atoms with van der Waals surface area (Å²) in [4.78, 5) is 27.7. The van der Waals surface area contributed by atoms with Crippen LogP contribution in [-0.2, 0) is 32.3 Å². The molecule has 0 spiro atoms. The minimum Gasteiger partial charge on any atom is -0.354 e. The van der Waals surface area contributed by atoms with Crippen molar-refractivity contribution in [1.82, 2.24) is 10.2 Å². The summed E-state index contributed by atoms with van der Waals surface area (Å²) in [5, 5.41) is 2.11. The Morgan fingerprint density at radius 1 is 1.08 bits per heavy atom. The van der Waals surface area contributed by atoms with Crippen LogP contribution in [0.25, 0.3) is 0 Å². The Hall–Kier alpha value is -2.86. The summed E-state index contributed by atoms with van der Waals surface area (Å²) in [6, 6.07) is 6.65. The van der Waals surface area contributed by atoms with Gasteiger partial charge in [0.25, 0.3) is 0 Å². The number of halogens is 5. The fourth-order valence-electron chi connectivity index (χ4n) is 3.63. The van der Waals surface area contributed by atoms with Gasteiger partial charge in [-0.05, 0) is 48.2 Å². The molecule has 2 aromatic rings. The van der Waals surface area contributed by atoms with E-state index in [-0.39, 0.29) is 18.9 Å². The van der Waals surface area contributed by atoms with Crippen LogP contribution in [0.15, 0.2) is 42.5 Å². The highest BCUT2D eigenvalue weighted by molar-refractivity contribution is 7.92. The molecule has 0 aliphatic carbocycles. The molecular formula is C25H30ClF4N3O4S. The maximum absolute atomic E-state index is 13.6. The summed E-state index contributed by atoms with van der Waals surface area (Å²) in [5.41, 5.74) is -1.22. The monoisotopic (exact) mass is 579 g/mol. The zero-order valence-electron chi connectivity index (χ0n) is 21.4. The first-order chi connectivity index (χ1) is 17.5. The quantitative estimate of drug-likeness (QED) is 0.386. The molecule has 1 N–H and O–H groups in total. The van der Waals surface area contributed by atoms with Gasteiger partial charge in [0, 0.05) is 13.1 Å². The molecule has 0 saturated carbocycles. The van der Waals surface area contributed by atoms with Gasteiger partial charge in [0.15, 0.2) is 0 Å². The van der Waals surface area contributed by atoms with Gasteiger partial charge in [0.1, 0.15) is 18.4 Å². The average Bonchev–Trinajstić information content (AvgIpc) is 2.81. The highest BCUT2D eigenvalue weighted by Gasteiger charge is 2.36. The first-order valence-electron chi connectivity index (χ1n) is 11.7. The minimum atomic E-state index is -4.86. The number of benzene rings is 2. The van der Waals surface area contributed by atoms with Gasteiger partial charge >= 0.3 is 6.18 Å². The van der Waals surface area contributed by atoms with E-state index in [1.165, 1.54) is 24.3 Å². The average molecular weight is 580 g/mol. The molecule has 0 saturated heterocycles. The Bertz CT molecular complexity index is 1240. The number of anilines is 1. The van der Waals surface area contributed by atoms with Gasteiger partial charge in [-0.25, -0.2) is 12.8 Å². The Kier molecular flexibility index (Phi) is 10.6. The third-order valence-corrected chi connectivity index (χ3v) is 7.03. The van der Waals surface area contributed by atoms with Crippen LogP contribution in [0.1, 0.15) is 38.3 Å². The van der Waals surface area contributed by atoms with E-state index >= 15 is 0 Å². The molecule has 0 aliphatic heterocycles. The van der Waals surface area contributed by atoms with Crippen LogP contribution in [0, 0.1) is 11.7 Å². The van der Waals surface area contributed by atoms with Crippen molar-refractivity contribution in [3.63, 3.8) is 0 Å². The molecule has 0 bridgehead atoms. The number of amides is 2. The highest BCUT2D eigenvalue weighted by Crippen LogP contribution is 2.37. The first kappa shape index (κ1) is 31.4. The Morgan fingerprint density at radius 2 is 1.68 bits per heavy atom. The number of alkyl halides is 3. The van der Waals surface area contributed by atoms with Crippen molar-refractivity contribution < 1.29 is 35.6 Å². The number of hydrogen-bond donors (Lipinski definition) is 1. The van der Waals surface area contributed by atoms with Crippen LogP contribution in [0.5, 0.6) is 0 Å². The Balaban J connectivity index is 2.50. The Labute approximate surface area is 224 Å². The maximum Gasteiger partial charge on any atom is 0.417 e. The SMILES string of the molecule is CC[C@H](C(=O)NCC(C)C)N(Cc1ccc(F)cc1)C(=O)CN(c1ccc(Cl)c(C(F)(F)F)c1)S(C)(=O)=O. The molecule has 2 rings (SSSR count). The van der Waals surface area contributed by atoms with E-state index in [1.54, 1.807) is 6.92 Å². The number of carbonyl (C=O) groups is 2. The molecule has 38 heavy (non-hydrogen) atoms. The van der Waals surface area contributed by atoms with Gasteiger partial charge in [-0.1, -0.05) is 44.5 Å². The lowest BCUT2D eigenvalue weighted by atomic mass is 10.1. The third-order valence-electron chi connectivity index (χ3n) is 5.56. The summed E-state index contributed by atoms with van der Waals surface area (Å²) >= 11 is 5.67. The molecule has 0 aliphatic rings. The first-order valence-corrected chi connectivity index (χ1v) is 13.9. The lowest BCUT2D eigenvalue weighted by Crippen LogP contribution is -2.52. The summed E-state index contributed by atoms with van der Waals surface area (Å²) in [6.07, 6.45) is -3.95. The second-order valence-corrected chi connectivity index (χ2v) is 11.5. The van der Waals surface area contributed by atoms with Crippen LogP contribution in [0.4, 0.5) is 23.2 Å². The number of nitrogens with one attached hydrogen (secondary N) is 1. The van der Waals surface area contributed by atoms with Crippen LogP contribution < -0.4 is 9.62 Å². The summed E-state index contributed by atoms with van der Waals surface area (Å²) in [7, 11) is -4.25. The fraction of sp³-hybridized carbons (Fsp3) is 0.440. The number of nitrogens with zero attached hydrogens (tertiary/aromatic N) is 2. The molecule has 210 valence electrons. The van der Waals surface area contributed by atoms with E-state index in [4.69, 9.17) is 11.6 Å². The van der Waals surface area contributed by atoms with Crippen molar-refractivity contribution in [3.8, 4) is 0 Å². The molecule has 1 atom stereocenters. The van der Waals surface area contributed by atoms with Gasteiger partial charge in [-0.3, -0.25) is 13.9 Å². The van der Waals surface area contributed by atoms with Crippen molar-refractivity contribution in [3.05, 3.63) is 64.4 Å². The maximum atomic E-state index is 13.6. The van der Waals surface area contributed by atoms with Crippen LogP contribution >= 0.6 is 11.6 Å². The zero-order valence-corrected chi connectivity index (χ0v) is 22.9. The number of sulfonamides is 1. The molecule has 0 radical (unpaired) electrons. The lowest BCUT2D eigenvalue weighted by Gasteiger charge is -2.33. The summed E-state index contributed by atoms with van der Waals surface area (Å²) in [6.45, 7) is 4.70. The predicted octanol–water partition coefficient (Wildman–Crippen LogP) is 4.84. The van der Waals surface area contributed by atoms with Crippen LogP contribution in [0.2, 0.25) is 5.02 Å². The van der Waals surface area contributed by atoms with E-state index in [2.05, 4.69) is 5.32 Å². The fourth-order valence-corrected chi connectivity index (χ4v) is 4.69. The molecule has 0 heterocycles. The van der Waals surface area contributed by atoms with Crippen molar-refractivity contribution in [2.24, 2.45) is 5.92 Å².